The molecular weight excluding hydrogens is 300 g/mol. The van der Waals surface area contributed by atoms with Crippen molar-refractivity contribution in [3.05, 3.63) is 42.2 Å². The molecular formula is C16H16N2OS2. The van der Waals surface area contributed by atoms with E-state index in [4.69, 9.17) is 0 Å². The van der Waals surface area contributed by atoms with Crippen LogP contribution in [0, 0.1) is 0 Å². The van der Waals surface area contributed by atoms with Gasteiger partial charge in [0.2, 0.25) is 0 Å². The molecule has 0 saturated heterocycles. The summed E-state index contributed by atoms with van der Waals surface area (Å²) in [5.41, 5.74) is -0.0354. The molecule has 0 unspecified atom stereocenters. The Bertz CT molecular complexity index is 790. The summed E-state index contributed by atoms with van der Waals surface area (Å²) >= 11 is 3.02. The van der Waals surface area contributed by atoms with E-state index in [0.717, 1.165) is 25.8 Å². The van der Waals surface area contributed by atoms with Crippen molar-refractivity contribution < 1.29 is 5.11 Å². The molecule has 108 valence electrons. The molecule has 0 aliphatic heterocycles. The van der Waals surface area contributed by atoms with Gasteiger partial charge >= 0.3 is 0 Å². The average molecular weight is 316 g/mol. The molecule has 0 spiro atoms. The average Bonchev–Trinajstić information content (AvgIpc) is 2.91. The molecule has 0 bridgehead atoms. The third-order valence-electron chi connectivity index (χ3n) is 3.14. The van der Waals surface area contributed by atoms with Crippen LogP contribution in [0.2, 0.25) is 0 Å². The van der Waals surface area contributed by atoms with E-state index < -0.39 is 0 Å². The minimum Gasteiger partial charge on any atom is -0.507 e. The minimum absolute atomic E-state index is 0.0354. The minimum atomic E-state index is -0.0354. The van der Waals surface area contributed by atoms with Gasteiger partial charge in [-0.1, -0.05) is 56.8 Å². The Hall–Kier alpha value is -1.59. The quantitative estimate of drug-likeness (QED) is 0.734. The van der Waals surface area contributed by atoms with Gasteiger partial charge in [-0.3, -0.25) is 0 Å². The van der Waals surface area contributed by atoms with Crippen LogP contribution in [0.15, 0.2) is 45.6 Å². The summed E-state index contributed by atoms with van der Waals surface area (Å²) in [5.74, 6) is 1.18. The van der Waals surface area contributed by atoms with E-state index in [1.807, 2.05) is 30.3 Å². The zero-order valence-corrected chi connectivity index (χ0v) is 13.8. The highest BCUT2D eigenvalue weighted by Crippen LogP contribution is 2.38. The second kappa shape index (κ2) is 5.31. The zero-order valence-electron chi connectivity index (χ0n) is 12.1. The molecule has 3 nitrogen and oxygen atoms in total. The summed E-state index contributed by atoms with van der Waals surface area (Å²) in [6.45, 7) is 6.33. The summed E-state index contributed by atoms with van der Waals surface area (Å²) in [6.07, 6.45) is 0. The lowest BCUT2D eigenvalue weighted by Gasteiger charge is -2.12. The molecule has 0 aliphatic rings. The molecule has 3 rings (SSSR count). The summed E-state index contributed by atoms with van der Waals surface area (Å²) in [6, 6.07) is 11.5. The number of nitrogens with zero attached hydrogens (tertiary/aromatic N) is 2. The lowest BCUT2D eigenvalue weighted by atomic mass is 9.96. The predicted octanol–water partition coefficient (Wildman–Crippen LogP) is 4.85. The molecule has 3 aromatic rings. The fourth-order valence-corrected chi connectivity index (χ4v) is 3.88. The van der Waals surface area contributed by atoms with Gasteiger partial charge < -0.3 is 5.11 Å². The number of benzene rings is 2. The molecule has 0 saturated carbocycles. The maximum absolute atomic E-state index is 9.94. The molecule has 5 heteroatoms. The fraction of sp³-hybridized carbons (Fsp3) is 0.250. The maximum Gasteiger partial charge on any atom is 0.174 e. The monoisotopic (exact) mass is 316 g/mol. The van der Waals surface area contributed by atoms with E-state index in [1.165, 1.54) is 11.5 Å². The second-order valence-electron chi connectivity index (χ2n) is 5.86. The van der Waals surface area contributed by atoms with Gasteiger partial charge in [-0.15, -0.1) is 0 Å². The zero-order chi connectivity index (χ0) is 15.0. The largest absolute Gasteiger partial charge is 0.507 e. The lowest BCUT2D eigenvalue weighted by molar-refractivity contribution is 0.481. The number of aromatic nitrogens is 2. The Morgan fingerprint density at radius 2 is 1.76 bits per heavy atom. The second-order valence-corrected chi connectivity index (χ2v) is 7.91. The van der Waals surface area contributed by atoms with Crippen molar-refractivity contribution in [2.75, 3.05) is 0 Å². The van der Waals surface area contributed by atoms with Crippen LogP contribution in [0.5, 0.6) is 5.75 Å². The smallest absolute Gasteiger partial charge is 0.174 e. The third-order valence-corrected chi connectivity index (χ3v) is 4.96. The van der Waals surface area contributed by atoms with E-state index in [2.05, 4.69) is 30.1 Å². The number of hydrogen-bond donors (Lipinski definition) is 1. The van der Waals surface area contributed by atoms with Crippen molar-refractivity contribution in [1.82, 2.24) is 9.36 Å². The Balaban J connectivity index is 1.99. The van der Waals surface area contributed by atoms with Gasteiger partial charge in [-0.2, -0.15) is 4.37 Å². The molecule has 0 fully saturated rings. The van der Waals surface area contributed by atoms with Crippen molar-refractivity contribution >= 4 is 34.1 Å². The molecule has 0 amide bonds. The van der Waals surface area contributed by atoms with Gasteiger partial charge in [-0.25, -0.2) is 4.98 Å². The predicted molar refractivity (Wildman–Crippen MR) is 88.3 cm³/mol. The molecule has 2 aromatic carbocycles. The van der Waals surface area contributed by atoms with Gasteiger partial charge in [0.1, 0.15) is 11.6 Å². The van der Waals surface area contributed by atoms with Gasteiger partial charge in [0, 0.05) is 15.7 Å². The van der Waals surface area contributed by atoms with E-state index in [0.29, 0.717) is 5.75 Å². The summed E-state index contributed by atoms with van der Waals surface area (Å²) < 4.78 is 5.37. The van der Waals surface area contributed by atoms with Crippen LogP contribution in [0.25, 0.3) is 10.8 Å². The lowest BCUT2D eigenvalue weighted by Crippen LogP contribution is -2.12. The van der Waals surface area contributed by atoms with Gasteiger partial charge in [-0.05, 0) is 29.1 Å². The summed E-state index contributed by atoms with van der Waals surface area (Å²) in [5, 5.41) is 11.8. The van der Waals surface area contributed by atoms with E-state index in [-0.39, 0.29) is 5.41 Å². The first-order valence-corrected chi connectivity index (χ1v) is 8.27. The van der Waals surface area contributed by atoms with Crippen LogP contribution in [0.1, 0.15) is 26.6 Å². The Morgan fingerprint density at radius 3 is 2.43 bits per heavy atom. The number of hydrogen-bond acceptors (Lipinski definition) is 5. The molecule has 1 N–H and O–H groups in total. The summed E-state index contributed by atoms with van der Waals surface area (Å²) in [4.78, 5) is 5.70. The van der Waals surface area contributed by atoms with Crippen molar-refractivity contribution in [2.45, 2.75) is 35.4 Å². The van der Waals surface area contributed by atoms with E-state index >= 15 is 0 Å². The van der Waals surface area contributed by atoms with Crippen molar-refractivity contribution in [1.29, 1.82) is 0 Å². The number of fused-ring (bicyclic) bond motifs is 1. The van der Waals surface area contributed by atoms with Crippen LogP contribution in [-0.2, 0) is 5.41 Å². The number of phenolic OH excluding ortho intramolecular Hbond substituents is 1. The topological polar surface area (TPSA) is 46.0 Å². The molecule has 0 radical (unpaired) electrons. The fourth-order valence-electron chi connectivity index (χ4n) is 1.99. The van der Waals surface area contributed by atoms with Crippen molar-refractivity contribution in [3.8, 4) is 5.75 Å². The number of phenols is 1. The first kappa shape index (κ1) is 14.4. The third kappa shape index (κ3) is 2.89. The van der Waals surface area contributed by atoms with Crippen LogP contribution >= 0.6 is 23.3 Å². The normalized spacial score (nSPS) is 12.0. The molecule has 1 aromatic heterocycles. The van der Waals surface area contributed by atoms with Crippen LogP contribution in [0.3, 0.4) is 0 Å². The summed E-state index contributed by atoms with van der Waals surface area (Å²) in [7, 11) is 0. The number of aromatic hydroxyl groups is 1. The number of rotatable bonds is 2. The highest BCUT2D eigenvalue weighted by atomic mass is 32.2. The maximum atomic E-state index is 9.94. The van der Waals surface area contributed by atoms with Gasteiger partial charge in [0.25, 0.3) is 0 Å². The van der Waals surface area contributed by atoms with Crippen LogP contribution < -0.4 is 0 Å². The Morgan fingerprint density at radius 1 is 1.05 bits per heavy atom. The van der Waals surface area contributed by atoms with E-state index in [9.17, 15) is 5.11 Å². The highest BCUT2D eigenvalue weighted by Gasteiger charge is 2.20. The first-order chi connectivity index (χ1) is 9.95. The Labute approximate surface area is 132 Å². The van der Waals surface area contributed by atoms with Gasteiger partial charge in [0.15, 0.2) is 4.34 Å². The SMILES string of the molecule is CC(C)(C)c1nsc(Sc2ccc(O)c3ccccc23)n1. The van der Waals surface area contributed by atoms with Crippen LogP contribution in [-0.4, -0.2) is 14.5 Å². The molecule has 0 aliphatic carbocycles. The Kier molecular flexibility index (Phi) is 3.63. The van der Waals surface area contributed by atoms with Crippen molar-refractivity contribution in [2.24, 2.45) is 0 Å². The van der Waals surface area contributed by atoms with E-state index in [1.54, 1.807) is 17.8 Å². The standard InChI is InChI=1S/C16H16N2OS2/c1-16(2,3)14-17-15(21-18-14)20-13-9-8-12(19)10-6-4-5-7-11(10)13/h4-9,19H,1-3H3. The van der Waals surface area contributed by atoms with Crippen molar-refractivity contribution in [3.63, 3.8) is 0 Å². The molecule has 21 heavy (non-hydrogen) atoms. The highest BCUT2D eigenvalue weighted by molar-refractivity contribution is 8.01. The van der Waals surface area contributed by atoms with Gasteiger partial charge in [0.05, 0.1) is 0 Å². The molecule has 0 atom stereocenters. The first-order valence-electron chi connectivity index (χ1n) is 6.68. The molecule has 1 heterocycles. The van der Waals surface area contributed by atoms with Crippen LogP contribution in [0.4, 0.5) is 0 Å².